The summed E-state index contributed by atoms with van der Waals surface area (Å²) in [6, 6.07) is 10.8. The third-order valence-corrected chi connectivity index (χ3v) is 7.03. The molecule has 2 aromatic carbocycles. The molecule has 1 heterocycles. The molecule has 4 rings (SSSR count). The number of nitro groups is 1. The first-order chi connectivity index (χ1) is 17.4. The molecule has 1 saturated heterocycles. The predicted octanol–water partition coefficient (Wildman–Crippen LogP) is 3.57. The van der Waals surface area contributed by atoms with Gasteiger partial charge >= 0.3 is 0 Å². The van der Waals surface area contributed by atoms with Crippen molar-refractivity contribution in [2.45, 2.75) is 31.7 Å². The number of anilines is 1. The summed E-state index contributed by atoms with van der Waals surface area (Å²) in [5.41, 5.74) is 0.806. The van der Waals surface area contributed by atoms with Crippen LogP contribution in [0.4, 0.5) is 11.4 Å². The van der Waals surface area contributed by atoms with Gasteiger partial charge in [0, 0.05) is 67.8 Å². The Bertz CT molecular complexity index is 1090. The second-order valence-electron chi connectivity index (χ2n) is 9.22. The molecule has 0 radical (unpaired) electrons. The van der Waals surface area contributed by atoms with E-state index >= 15 is 0 Å². The Labute approximate surface area is 210 Å². The van der Waals surface area contributed by atoms with Gasteiger partial charge in [-0.15, -0.1) is 0 Å². The molecular weight excluding hydrogens is 464 g/mol. The van der Waals surface area contributed by atoms with Crippen molar-refractivity contribution in [1.82, 2.24) is 9.80 Å². The summed E-state index contributed by atoms with van der Waals surface area (Å²) in [6.07, 6.45) is 4.19. The number of nitrogens with zero attached hydrogens (tertiary/aromatic N) is 3. The summed E-state index contributed by atoms with van der Waals surface area (Å²) in [5, 5.41) is 14.1. The Hall–Kier alpha value is -3.66. The molecular formula is C26H32N4O6. The number of ether oxygens (including phenoxy) is 2. The van der Waals surface area contributed by atoms with Crippen molar-refractivity contribution in [3.63, 3.8) is 0 Å². The summed E-state index contributed by atoms with van der Waals surface area (Å²) >= 11 is 0. The van der Waals surface area contributed by atoms with Gasteiger partial charge in [0.1, 0.15) is 11.5 Å². The Morgan fingerprint density at radius 3 is 2.22 bits per heavy atom. The molecule has 0 aromatic heterocycles. The second-order valence-corrected chi connectivity index (χ2v) is 9.22. The van der Waals surface area contributed by atoms with Crippen LogP contribution in [-0.4, -0.2) is 73.0 Å². The topological polar surface area (TPSA) is 114 Å². The zero-order chi connectivity index (χ0) is 25.7. The Morgan fingerprint density at radius 1 is 1.00 bits per heavy atom. The largest absolute Gasteiger partial charge is 0.497 e. The van der Waals surface area contributed by atoms with Crippen LogP contribution in [0.2, 0.25) is 0 Å². The number of benzene rings is 2. The highest BCUT2D eigenvalue weighted by Crippen LogP contribution is 2.33. The molecule has 192 valence electrons. The van der Waals surface area contributed by atoms with E-state index in [1.165, 1.54) is 18.2 Å². The van der Waals surface area contributed by atoms with Crippen LogP contribution in [-0.2, 0) is 4.79 Å². The van der Waals surface area contributed by atoms with E-state index in [4.69, 9.17) is 9.47 Å². The highest BCUT2D eigenvalue weighted by Gasteiger charge is 2.37. The van der Waals surface area contributed by atoms with Gasteiger partial charge in [0.15, 0.2) is 0 Å². The minimum Gasteiger partial charge on any atom is -0.497 e. The van der Waals surface area contributed by atoms with E-state index in [9.17, 15) is 19.7 Å². The van der Waals surface area contributed by atoms with Gasteiger partial charge < -0.3 is 19.7 Å². The van der Waals surface area contributed by atoms with Gasteiger partial charge in [0.25, 0.3) is 11.6 Å². The Kier molecular flexibility index (Phi) is 8.04. The molecule has 36 heavy (non-hydrogen) atoms. The monoisotopic (exact) mass is 496 g/mol. The fourth-order valence-electron chi connectivity index (χ4n) is 5.19. The van der Waals surface area contributed by atoms with Crippen molar-refractivity contribution in [2.75, 3.05) is 45.7 Å². The molecule has 2 aliphatic rings. The number of non-ortho nitro benzene ring substituents is 1. The van der Waals surface area contributed by atoms with Gasteiger partial charge in [-0.1, -0.05) is 18.9 Å². The van der Waals surface area contributed by atoms with Gasteiger partial charge in [0.05, 0.1) is 25.2 Å². The van der Waals surface area contributed by atoms with Crippen molar-refractivity contribution >= 4 is 23.2 Å². The Balaban J connectivity index is 1.46. The van der Waals surface area contributed by atoms with E-state index in [0.717, 1.165) is 25.7 Å². The average Bonchev–Trinajstić information content (AvgIpc) is 3.43. The molecule has 2 fully saturated rings. The molecule has 0 bridgehead atoms. The van der Waals surface area contributed by atoms with Gasteiger partial charge in [0.2, 0.25) is 5.91 Å². The standard InChI is InChI=1S/C26H32N4O6/c1-35-22-15-20(16-23(17-22)36-2)27-25(31)24(18-6-3-4-7-18)28-10-12-29(13-11-28)26(32)19-8-5-9-21(14-19)30(33)34/h5,8-9,14-18,24H,3-4,6-7,10-13H2,1-2H3,(H,27,31)/t24-/m0/s1. The first-order valence-electron chi connectivity index (χ1n) is 12.2. The SMILES string of the molecule is COc1cc(NC(=O)[C@H](C2CCCC2)N2CCN(C(=O)c3cccc([N+](=O)[O-])c3)CC2)cc(OC)c1. The predicted molar refractivity (Wildman–Crippen MR) is 134 cm³/mol. The molecule has 1 atom stereocenters. The summed E-state index contributed by atoms with van der Waals surface area (Å²) in [6.45, 7) is 2.00. The fraction of sp³-hybridized carbons (Fsp3) is 0.462. The zero-order valence-corrected chi connectivity index (χ0v) is 20.6. The maximum Gasteiger partial charge on any atom is 0.270 e. The number of hydrogen-bond acceptors (Lipinski definition) is 7. The van der Waals surface area contributed by atoms with Crippen molar-refractivity contribution in [2.24, 2.45) is 5.92 Å². The normalized spacial score (nSPS) is 17.4. The lowest BCUT2D eigenvalue weighted by Crippen LogP contribution is -2.56. The quantitative estimate of drug-likeness (QED) is 0.439. The first kappa shape index (κ1) is 25.4. The molecule has 1 saturated carbocycles. The fourth-order valence-corrected chi connectivity index (χ4v) is 5.19. The van der Waals surface area contributed by atoms with E-state index in [2.05, 4.69) is 10.2 Å². The van der Waals surface area contributed by atoms with Crippen LogP contribution in [0.3, 0.4) is 0 Å². The number of carbonyl (C=O) groups excluding carboxylic acids is 2. The van der Waals surface area contributed by atoms with Crippen LogP contribution < -0.4 is 14.8 Å². The maximum absolute atomic E-state index is 13.6. The van der Waals surface area contributed by atoms with Crippen molar-refractivity contribution in [1.29, 1.82) is 0 Å². The van der Waals surface area contributed by atoms with Crippen LogP contribution in [0.15, 0.2) is 42.5 Å². The van der Waals surface area contributed by atoms with Gasteiger partial charge in [-0.05, 0) is 24.8 Å². The number of piperazine rings is 1. The van der Waals surface area contributed by atoms with E-state index in [0.29, 0.717) is 48.9 Å². The molecule has 1 aliphatic carbocycles. The third-order valence-electron chi connectivity index (χ3n) is 7.03. The van der Waals surface area contributed by atoms with E-state index in [1.807, 2.05) is 0 Å². The molecule has 10 heteroatoms. The molecule has 2 aromatic rings. The van der Waals surface area contributed by atoms with Gasteiger partial charge in [-0.3, -0.25) is 24.6 Å². The lowest BCUT2D eigenvalue weighted by molar-refractivity contribution is -0.384. The number of carbonyl (C=O) groups is 2. The number of nitrogens with one attached hydrogen (secondary N) is 1. The zero-order valence-electron chi connectivity index (χ0n) is 20.6. The molecule has 2 amide bonds. The first-order valence-corrected chi connectivity index (χ1v) is 12.2. The highest BCUT2D eigenvalue weighted by molar-refractivity contribution is 5.96. The number of rotatable bonds is 8. The van der Waals surface area contributed by atoms with Gasteiger partial charge in [-0.25, -0.2) is 0 Å². The lowest BCUT2D eigenvalue weighted by atomic mass is 9.94. The molecule has 0 spiro atoms. The van der Waals surface area contributed by atoms with Crippen molar-refractivity contribution in [3.8, 4) is 11.5 Å². The lowest BCUT2D eigenvalue weighted by Gasteiger charge is -2.40. The maximum atomic E-state index is 13.6. The second kappa shape index (κ2) is 11.4. The minimum absolute atomic E-state index is 0.0735. The number of amides is 2. The van der Waals surface area contributed by atoms with Crippen molar-refractivity contribution in [3.05, 3.63) is 58.1 Å². The van der Waals surface area contributed by atoms with Crippen LogP contribution in [0.5, 0.6) is 11.5 Å². The van der Waals surface area contributed by atoms with Crippen LogP contribution in [0.1, 0.15) is 36.0 Å². The van der Waals surface area contributed by atoms with E-state index in [-0.39, 0.29) is 29.5 Å². The summed E-state index contributed by atoms with van der Waals surface area (Å²) in [4.78, 5) is 41.0. The molecule has 10 nitrogen and oxygen atoms in total. The average molecular weight is 497 g/mol. The summed E-state index contributed by atoms with van der Waals surface area (Å²) in [5.74, 6) is 1.13. The minimum atomic E-state index is -0.503. The summed E-state index contributed by atoms with van der Waals surface area (Å²) in [7, 11) is 3.13. The van der Waals surface area contributed by atoms with Crippen LogP contribution in [0, 0.1) is 16.0 Å². The van der Waals surface area contributed by atoms with E-state index < -0.39 is 4.92 Å². The molecule has 0 unspecified atom stereocenters. The van der Waals surface area contributed by atoms with Crippen LogP contribution in [0.25, 0.3) is 0 Å². The third kappa shape index (κ3) is 5.76. The number of methoxy groups -OCH3 is 2. The number of hydrogen-bond donors (Lipinski definition) is 1. The van der Waals surface area contributed by atoms with Crippen LogP contribution >= 0.6 is 0 Å². The molecule has 1 aliphatic heterocycles. The van der Waals surface area contributed by atoms with Gasteiger partial charge in [-0.2, -0.15) is 0 Å². The number of nitro benzene ring substituents is 1. The summed E-state index contributed by atoms with van der Waals surface area (Å²) < 4.78 is 10.7. The highest BCUT2D eigenvalue weighted by atomic mass is 16.6. The molecule has 1 N–H and O–H groups in total. The van der Waals surface area contributed by atoms with Crippen molar-refractivity contribution < 1.29 is 24.0 Å². The van der Waals surface area contributed by atoms with E-state index in [1.54, 1.807) is 43.4 Å². The smallest absolute Gasteiger partial charge is 0.270 e. The Morgan fingerprint density at radius 2 is 1.64 bits per heavy atom.